The minimum atomic E-state index is -0.454. The highest BCUT2D eigenvalue weighted by atomic mass is 32.1. The third-order valence-corrected chi connectivity index (χ3v) is 6.05. The molecule has 0 fully saturated rings. The molecule has 0 aliphatic heterocycles. The number of amides is 1. The third-order valence-electron chi connectivity index (χ3n) is 4.83. The Bertz CT molecular complexity index is 815. The van der Waals surface area contributed by atoms with Crippen molar-refractivity contribution in [3.8, 4) is 11.5 Å². The number of benzene rings is 1. The fourth-order valence-corrected chi connectivity index (χ4v) is 4.57. The van der Waals surface area contributed by atoms with Crippen LogP contribution >= 0.6 is 11.3 Å². The lowest BCUT2D eigenvalue weighted by Gasteiger charge is -2.21. The van der Waals surface area contributed by atoms with Crippen molar-refractivity contribution in [2.24, 2.45) is 0 Å². The van der Waals surface area contributed by atoms with Crippen molar-refractivity contribution in [2.75, 3.05) is 27.9 Å². The average molecular weight is 404 g/mol. The highest BCUT2D eigenvalue weighted by Crippen LogP contribution is 2.31. The van der Waals surface area contributed by atoms with Crippen LogP contribution in [0, 0.1) is 0 Å². The van der Waals surface area contributed by atoms with Gasteiger partial charge in [-0.2, -0.15) is 0 Å². The molecule has 0 bridgehead atoms. The molecule has 0 atom stereocenters. The van der Waals surface area contributed by atoms with Crippen LogP contribution in [0.2, 0.25) is 0 Å². The summed E-state index contributed by atoms with van der Waals surface area (Å²) in [6, 6.07) is 7.42. The number of carbonyl (C=O) groups excluding carboxylic acids is 2. The number of ether oxygens (including phenoxy) is 3. The topological polar surface area (TPSA) is 65.1 Å². The molecule has 0 radical (unpaired) electrons. The van der Waals surface area contributed by atoms with Crippen LogP contribution in [-0.4, -0.2) is 44.7 Å². The number of carbonyl (C=O) groups is 2. The SMILES string of the molecule is COC(=O)CN(Cc1cc(OC)cc(OC)c1)C(=O)c1cc2c(s1)CCCC2. The van der Waals surface area contributed by atoms with Gasteiger partial charge in [0.25, 0.3) is 5.91 Å². The molecule has 2 aromatic rings. The van der Waals surface area contributed by atoms with Crippen LogP contribution in [0.4, 0.5) is 0 Å². The average Bonchev–Trinajstić information content (AvgIpc) is 3.16. The molecule has 7 heteroatoms. The van der Waals surface area contributed by atoms with Crippen LogP contribution < -0.4 is 9.47 Å². The molecule has 0 unspecified atom stereocenters. The van der Waals surface area contributed by atoms with Gasteiger partial charge in [0, 0.05) is 17.5 Å². The molecule has 1 aliphatic rings. The van der Waals surface area contributed by atoms with Gasteiger partial charge in [-0.05, 0) is 55.0 Å². The Morgan fingerprint density at radius 2 is 1.68 bits per heavy atom. The van der Waals surface area contributed by atoms with E-state index in [9.17, 15) is 9.59 Å². The summed E-state index contributed by atoms with van der Waals surface area (Å²) in [6.45, 7) is 0.140. The van der Waals surface area contributed by atoms with E-state index < -0.39 is 5.97 Å². The van der Waals surface area contributed by atoms with Gasteiger partial charge in [0.2, 0.25) is 0 Å². The summed E-state index contributed by atoms with van der Waals surface area (Å²) < 4.78 is 15.4. The lowest BCUT2D eigenvalue weighted by molar-refractivity contribution is -0.141. The van der Waals surface area contributed by atoms with Gasteiger partial charge in [0.05, 0.1) is 26.2 Å². The van der Waals surface area contributed by atoms with Gasteiger partial charge >= 0.3 is 5.97 Å². The van der Waals surface area contributed by atoms with E-state index in [-0.39, 0.29) is 19.0 Å². The zero-order valence-electron chi connectivity index (χ0n) is 16.4. The van der Waals surface area contributed by atoms with E-state index in [4.69, 9.17) is 14.2 Å². The van der Waals surface area contributed by atoms with Gasteiger partial charge in [-0.1, -0.05) is 0 Å². The molecule has 1 aliphatic carbocycles. The summed E-state index contributed by atoms with van der Waals surface area (Å²) in [4.78, 5) is 28.6. The lowest BCUT2D eigenvalue weighted by atomic mass is 9.99. The zero-order chi connectivity index (χ0) is 20.1. The second-order valence-corrected chi connectivity index (χ2v) is 7.86. The van der Waals surface area contributed by atoms with Gasteiger partial charge in [-0.15, -0.1) is 11.3 Å². The zero-order valence-corrected chi connectivity index (χ0v) is 17.3. The normalized spacial score (nSPS) is 12.8. The van der Waals surface area contributed by atoms with Crippen molar-refractivity contribution >= 4 is 23.2 Å². The summed E-state index contributed by atoms with van der Waals surface area (Å²) in [5.41, 5.74) is 2.08. The lowest BCUT2D eigenvalue weighted by Crippen LogP contribution is -2.35. The fourth-order valence-electron chi connectivity index (χ4n) is 3.35. The van der Waals surface area contributed by atoms with E-state index in [1.54, 1.807) is 20.3 Å². The van der Waals surface area contributed by atoms with Crippen LogP contribution in [0.25, 0.3) is 0 Å². The summed E-state index contributed by atoms with van der Waals surface area (Å²) in [6.07, 6.45) is 4.37. The number of fused-ring (bicyclic) bond motifs is 1. The number of methoxy groups -OCH3 is 3. The predicted molar refractivity (Wildman–Crippen MR) is 107 cm³/mol. The summed E-state index contributed by atoms with van der Waals surface area (Å²) in [7, 11) is 4.47. The molecular formula is C21H25NO5S. The second kappa shape index (κ2) is 9.10. The third kappa shape index (κ3) is 4.65. The van der Waals surface area contributed by atoms with Gasteiger partial charge in [0.1, 0.15) is 18.0 Å². The number of hydrogen-bond donors (Lipinski definition) is 0. The molecule has 28 heavy (non-hydrogen) atoms. The van der Waals surface area contributed by atoms with Crippen molar-refractivity contribution in [2.45, 2.75) is 32.2 Å². The van der Waals surface area contributed by atoms with Crippen molar-refractivity contribution in [1.82, 2.24) is 4.90 Å². The summed E-state index contributed by atoms with van der Waals surface area (Å²) in [5.74, 6) is 0.647. The Hall–Kier alpha value is -2.54. The van der Waals surface area contributed by atoms with Crippen molar-refractivity contribution in [3.05, 3.63) is 45.1 Å². The highest BCUT2D eigenvalue weighted by Gasteiger charge is 2.24. The van der Waals surface area contributed by atoms with Crippen molar-refractivity contribution < 1.29 is 23.8 Å². The smallest absolute Gasteiger partial charge is 0.325 e. The number of esters is 1. The van der Waals surface area contributed by atoms with Crippen LogP contribution in [-0.2, 0) is 28.9 Å². The molecule has 1 amide bonds. The Labute approximate surface area is 169 Å². The Kier molecular flexibility index (Phi) is 6.57. The molecule has 1 aromatic heterocycles. The molecule has 0 N–H and O–H groups in total. The molecule has 1 aromatic carbocycles. The molecule has 0 spiro atoms. The largest absolute Gasteiger partial charge is 0.497 e. The number of aryl methyl sites for hydroxylation is 2. The molecule has 1 heterocycles. The van der Waals surface area contributed by atoms with E-state index in [0.717, 1.165) is 31.2 Å². The maximum absolute atomic E-state index is 13.2. The van der Waals surface area contributed by atoms with Crippen LogP contribution in [0.3, 0.4) is 0 Å². The summed E-state index contributed by atoms with van der Waals surface area (Å²) in [5, 5.41) is 0. The minimum absolute atomic E-state index is 0.114. The van der Waals surface area contributed by atoms with E-state index in [0.29, 0.717) is 16.4 Å². The molecular weight excluding hydrogens is 378 g/mol. The molecule has 3 rings (SSSR count). The van der Waals surface area contributed by atoms with Gasteiger partial charge in [0.15, 0.2) is 0 Å². The van der Waals surface area contributed by atoms with E-state index in [1.807, 2.05) is 18.2 Å². The first kappa shape index (κ1) is 20.2. The maximum Gasteiger partial charge on any atom is 0.325 e. The van der Waals surface area contributed by atoms with E-state index in [1.165, 1.54) is 33.8 Å². The van der Waals surface area contributed by atoms with Gasteiger partial charge < -0.3 is 19.1 Å². The van der Waals surface area contributed by atoms with Crippen LogP contribution in [0.5, 0.6) is 11.5 Å². The van der Waals surface area contributed by atoms with E-state index >= 15 is 0 Å². The quantitative estimate of drug-likeness (QED) is 0.663. The van der Waals surface area contributed by atoms with Crippen LogP contribution in [0.1, 0.15) is 38.5 Å². The first-order valence-electron chi connectivity index (χ1n) is 9.23. The van der Waals surface area contributed by atoms with E-state index in [2.05, 4.69) is 0 Å². The molecule has 6 nitrogen and oxygen atoms in total. The van der Waals surface area contributed by atoms with Crippen molar-refractivity contribution in [1.29, 1.82) is 0 Å². The summed E-state index contributed by atoms with van der Waals surface area (Å²) >= 11 is 1.54. The predicted octanol–water partition coefficient (Wildman–Crippen LogP) is 3.46. The molecule has 0 saturated carbocycles. The van der Waals surface area contributed by atoms with Crippen LogP contribution in [0.15, 0.2) is 24.3 Å². The van der Waals surface area contributed by atoms with Gasteiger partial charge in [-0.3, -0.25) is 9.59 Å². The first-order valence-corrected chi connectivity index (χ1v) is 10.0. The van der Waals surface area contributed by atoms with Gasteiger partial charge in [-0.25, -0.2) is 0 Å². The Balaban J connectivity index is 1.87. The maximum atomic E-state index is 13.2. The minimum Gasteiger partial charge on any atom is -0.497 e. The number of hydrogen-bond acceptors (Lipinski definition) is 6. The number of rotatable bonds is 7. The fraction of sp³-hybridized carbons (Fsp3) is 0.429. The monoisotopic (exact) mass is 403 g/mol. The second-order valence-electron chi connectivity index (χ2n) is 6.72. The molecule has 0 saturated heterocycles. The highest BCUT2D eigenvalue weighted by molar-refractivity contribution is 7.14. The number of nitrogens with zero attached hydrogens (tertiary/aromatic N) is 1. The first-order chi connectivity index (χ1) is 13.5. The van der Waals surface area contributed by atoms with Crippen molar-refractivity contribution in [3.63, 3.8) is 0 Å². The number of thiophene rings is 1. The molecule has 150 valence electrons. The Morgan fingerprint density at radius 1 is 1.00 bits per heavy atom. The standard InChI is InChI=1S/C21H25NO5S/c1-25-16-8-14(9-17(11-16)26-2)12-22(13-20(23)27-3)21(24)19-10-15-6-4-5-7-18(15)28-19/h8-11H,4-7,12-13H2,1-3H3. The Morgan fingerprint density at radius 3 is 2.29 bits per heavy atom.